The number of likely N-dealkylation sites (tertiary alicyclic amines) is 1. The van der Waals surface area contributed by atoms with Crippen LogP contribution in [-0.4, -0.2) is 47.8 Å². The van der Waals surface area contributed by atoms with Gasteiger partial charge < -0.3 is 20.1 Å². The molecule has 156 valence electrons. The molecule has 2 rings (SSSR count). The lowest BCUT2D eigenvalue weighted by Crippen LogP contribution is -2.42. The van der Waals surface area contributed by atoms with Crippen molar-refractivity contribution in [1.29, 1.82) is 10.7 Å². The largest absolute Gasteiger partial charge is 0.493 e. The number of amidine groups is 1. The maximum atomic E-state index is 12.1. The van der Waals surface area contributed by atoms with Crippen LogP contribution in [0.4, 0.5) is 10.5 Å². The number of nitrogens with zero attached hydrogens (tertiary/aromatic N) is 3. The van der Waals surface area contributed by atoms with Gasteiger partial charge in [-0.05, 0) is 51.7 Å². The van der Waals surface area contributed by atoms with Crippen LogP contribution in [0.5, 0.6) is 5.75 Å². The van der Waals surface area contributed by atoms with Crippen molar-refractivity contribution in [1.82, 2.24) is 4.90 Å². The summed E-state index contributed by atoms with van der Waals surface area (Å²) in [6, 6.07) is 8.91. The molecule has 1 fully saturated rings. The number of hydrogen-bond donors (Lipinski definition) is 3. The third kappa shape index (κ3) is 7.33. The number of anilines is 1. The van der Waals surface area contributed by atoms with Gasteiger partial charge in [0, 0.05) is 19.2 Å². The Kier molecular flexibility index (Phi) is 7.42. The van der Waals surface area contributed by atoms with Crippen molar-refractivity contribution in [3.8, 4) is 11.8 Å². The number of carbonyl (C=O) groups is 1. The summed E-state index contributed by atoms with van der Waals surface area (Å²) in [4.78, 5) is 13.9. The SMILES string of the molecule is CC(C)(C)OC(=O)N1CCC(COc2cccc(N/N=C(\C#N)C(=N)N)c2)CC1. The first-order valence-corrected chi connectivity index (χ1v) is 9.47. The molecule has 0 bridgehead atoms. The lowest BCUT2D eigenvalue weighted by atomic mass is 9.98. The normalized spacial score (nSPS) is 15.4. The molecule has 1 saturated heterocycles. The molecular formula is C20H28N6O3. The zero-order valence-corrected chi connectivity index (χ0v) is 17.1. The Labute approximate surface area is 171 Å². The number of nitriles is 1. The molecule has 1 aliphatic rings. The van der Waals surface area contributed by atoms with E-state index in [9.17, 15) is 4.79 Å². The van der Waals surface area contributed by atoms with Gasteiger partial charge in [0.05, 0.1) is 12.3 Å². The Bertz CT molecular complexity index is 801. The van der Waals surface area contributed by atoms with Crippen LogP contribution in [0.15, 0.2) is 29.4 Å². The monoisotopic (exact) mass is 400 g/mol. The minimum absolute atomic E-state index is 0.187. The van der Waals surface area contributed by atoms with Crippen molar-refractivity contribution >= 4 is 23.3 Å². The van der Waals surface area contributed by atoms with Gasteiger partial charge in [-0.1, -0.05) is 6.07 Å². The van der Waals surface area contributed by atoms with Crippen LogP contribution < -0.4 is 15.9 Å². The second-order valence-electron chi connectivity index (χ2n) is 7.85. The van der Waals surface area contributed by atoms with Gasteiger partial charge in [-0.2, -0.15) is 10.4 Å². The summed E-state index contributed by atoms with van der Waals surface area (Å²) in [5, 5.41) is 19.9. The maximum absolute atomic E-state index is 12.1. The molecule has 0 aliphatic carbocycles. The van der Waals surface area contributed by atoms with Crippen molar-refractivity contribution in [2.75, 3.05) is 25.1 Å². The van der Waals surface area contributed by atoms with Crippen molar-refractivity contribution in [2.24, 2.45) is 16.8 Å². The molecule has 1 aromatic rings. The fraction of sp³-hybridized carbons (Fsp3) is 0.500. The number of nitrogens with one attached hydrogen (secondary N) is 2. The van der Waals surface area contributed by atoms with E-state index in [-0.39, 0.29) is 11.8 Å². The van der Waals surface area contributed by atoms with E-state index in [0.717, 1.165) is 12.8 Å². The van der Waals surface area contributed by atoms with Crippen molar-refractivity contribution in [2.45, 2.75) is 39.2 Å². The van der Waals surface area contributed by atoms with Crippen LogP contribution in [0.1, 0.15) is 33.6 Å². The second kappa shape index (κ2) is 9.78. The van der Waals surface area contributed by atoms with E-state index >= 15 is 0 Å². The van der Waals surface area contributed by atoms with E-state index < -0.39 is 11.4 Å². The average molecular weight is 400 g/mol. The Hall–Kier alpha value is -3.28. The maximum Gasteiger partial charge on any atom is 0.410 e. The molecule has 1 amide bonds. The van der Waals surface area contributed by atoms with Gasteiger partial charge in [0.25, 0.3) is 0 Å². The van der Waals surface area contributed by atoms with Crippen LogP contribution in [0.2, 0.25) is 0 Å². The van der Waals surface area contributed by atoms with Crippen molar-refractivity contribution in [3.63, 3.8) is 0 Å². The number of nitrogens with two attached hydrogens (primary N) is 1. The minimum atomic E-state index is -0.488. The molecular weight excluding hydrogens is 372 g/mol. The molecule has 1 aliphatic heterocycles. The van der Waals surface area contributed by atoms with E-state index in [1.54, 1.807) is 29.2 Å². The van der Waals surface area contributed by atoms with Gasteiger partial charge in [-0.15, -0.1) is 0 Å². The number of piperidine rings is 1. The summed E-state index contributed by atoms with van der Waals surface area (Å²) >= 11 is 0. The number of hydrazone groups is 1. The third-order valence-electron chi connectivity index (χ3n) is 4.24. The second-order valence-corrected chi connectivity index (χ2v) is 7.85. The number of amides is 1. The van der Waals surface area contributed by atoms with Gasteiger partial charge in [-0.25, -0.2) is 4.79 Å². The van der Waals surface area contributed by atoms with E-state index in [2.05, 4.69) is 10.5 Å². The summed E-state index contributed by atoms with van der Waals surface area (Å²) in [5.74, 6) is 0.623. The standard InChI is InChI=1S/C20H28N6O3/c1-20(2,3)29-19(27)26-9-7-14(8-10-26)13-28-16-6-4-5-15(11-16)24-25-17(12-21)18(22)23/h4-6,11,14,24H,7-10,13H2,1-3H3,(H3,22,23)/b25-17+. The predicted octanol–water partition coefficient (Wildman–Crippen LogP) is 2.94. The lowest BCUT2D eigenvalue weighted by Gasteiger charge is -2.33. The first-order valence-electron chi connectivity index (χ1n) is 9.47. The van der Waals surface area contributed by atoms with E-state index in [4.69, 9.17) is 25.9 Å². The van der Waals surface area contributed by atoms with Crippen molar-refractivity contribution < 1.29 is 14.3 Å². The molecule has 0 unspecified atom stereocenters. The van der Waals surface area contributed by atoms with E-state index in [1.807, 2.05) is 26.8 Å². The first kappa shape index (κ1) is 22.0. The predicted molar refractivity (Wildman–Crippen MR) is 111 cm³/mol. The molecule has 0 atom stereocenters. The van der Waals surface area contributed by atoms with Gasteiger partial charge in [0.15, 0.2) is 5.84 Å². The molecule has 0 radical (unpaired) electrons. The Morgan fingerprint density at radius 1 is 1.41 bits per heavy atom. The zero-order valence-electron chi connectivity index (χ0n) is 17.1. The lowest BCUT2D eigenvalue weighted by molar-refractivity contribution is 0.0165. The fourth-order valence-corrected chi connectivity index (χ4v) is 2.74. The van der Waals surface area contributed by atoms with Crippen LogP contribution in [0, 0.1) is 22.7 Å². The van der Waals surface area contributed by atoms with Gasteiger partial charge >= 0.3 is 6.09 Å². The molecule has 0 saturated carbocycles. The van der Waals surface area contributed by atoms with E-state index in [0.29, 0.717) is 37.1 Å². The van der Waals surface area contributed by atoms with Crippen LogP contribution in [-0.2, 0) is 4.74 Å². The number of hydrogen-bond acceptors (Lipinski definition) is 7. The smallest absolute Gasteiger partial charge is 0.410 e. The fourth-order valence-electron chi connectivity index (χ4n) is 2.74. The highest BCUT2D eigenvalue weighted by Crippen LogP contribution is 2.23. The molecule has 9 nitrogen and oxygen atoms in total. The Morgan fingerprint density at radius 2 is 2.10 bits per heavy atom. The van der Waals surface area contributed by atoms with Gasteiger partial charge in [0.1, 0.15) is 17.4 Å². The first-order chi connectivity index (χ1) is 13.7. The van der Waals surface area contributed by atoms with E-state index in [1.165, 1.54) is 0 Å². The quantitative estimate of drug-likeness (QED) is 0.381. The molecule has 9 heteroatoms. The zero-order chi connectivity index (χ0) is 21.4. The van der Waals surface area contributed by atoms with Gasteiger partial charge in [-0.3, -0.25) is 10.8 Å². The Balaban J connectivity index is 1.82. The number of ether oxygens (including phenoxy) is 2. The van der Waals surface area contributed by atoms with Crippen LogP contribution in [0.3, 0.4) is 0 Å². The highest BCUT2D eigenvalue weighted by Gasteiger charge is 2.27. The number of benzene rings is 1. The highest BCUT2D eigenvalue weighted by molar-refractivity contribution is 6.45. The summed E-state index contributed by atoms with van der Waals surface area (Å²) in [5.41, 5.74) is 7.91. The van der Waals surface area contributed by atoms with Crippen LogP contribution in [0.25, 0.3) is 0 Å². The molecule has 0 aromatic heterocycles. The molecule has 29 heavy (non-hydrogen) atoms. The Morgan fingerprint density at radius 3 is 2.69 bits per heavy atom. The summed E-state index contributed by atoms with van der Waals surface area (Å²) < 4.78 is 11.3. The molecule has 4 N–H and O–H groups in total. The summed E-state index contributed by atoms with van der Waals surface area (Å²) in [6.45, 7) is 7.44. The molecule has 1 heterocycles. The topological polar surface area (TPSA) is 137 Å². The molecule has 1 aromatic carbocycles. The number of carbonyl (C=O) groups excluding carboxylic acids is 1. The molecule has 0 spiro atoms. The number of rotatable bonds is 6. The minimum Gasteiger partial charge on any atom is -0.493 e. The third-order valence-corrected chi connectivity index (χ3v) is 4.24. The van der Waals surface area contributed by atoms with Crippen LogP contribution >= 0.6 is 0 Å². The summed E-state index contributed by atoms with van der Waals surface area (Å²) in [7, 11) is 0. The highest BCUT2D eigenvalue weighted by atomic mass is 16.6. The van der Waals surface area contributed by atoms with Crippen molar-refractivity contribution in [3.05, 3.63) is 24.3 Å². The summed E-state index contributed by atoms with van der Waals surface area (Å²) in [6.07, 6.45) is 1.44. The average Bonchev–Trinajstić information content (AvgIpc) is 2.66. The van der Waals surface area contributed by atoms with Gasteiger partial charge in [0.2, 0.25) is 5.71 Å².